The number of benzene rings is 1. The van der Waals surface area contributed by atoms with Crippen LogP contribution in [0.2, 0.25) is 0 Å². The molecular weight excluding hydrogens is 272 g/mol. The lowest BCUT2D eigenvalue weighted by Gasteiger charge is -2.27. The number of fused-ring (bicyclic) bond motifs is 1. The van der Waals surface area contributed by atoms with E-state index >= 15 is 0 Å². The summed E-state index contributed by atoms with van der Waals surface area (Å²) in [7, 11) is -3.46. The monoisotopic (exact) mass is 296 g/mol. The average Bonchev–Trinajstić information content (AvgIpc) is 2.36. The second kappa shape index (κ2) is 5.84. The number of nitrogens with one attached hydrogen (secondary N) is 2. The first-order valence-corrected chi connectivity index (χ1v) is 8.69. The molecule has 0 bridgehead atoms. The molecule has 1 heterocycles. The average molecular weight is 296 g/mol. The van der Waals surface area contributed by atoms with E-state index in [1.807, 2.05) is 26.0 Å². The normalized spacial score (nSPS) is 15.9. The van der Waals surface area contributed by atoms with Gasteiger partial charge in [-0.3, -0.25) is 0 Å². The number of hydrogen-bond donors (Lipinski definition) is 2. The van der Waals surface area contributed by atoms with Gasteiger partial charge >= 0.3 is 0 Å². The molecule has 0 amide bonds. The quantitative estimate of drug-likeness (QED) is 0.875. The lowest BCUT2D eigenvalue weighted by atomic mass is 10.0. The van der Waals surface area contributed by atoms with Crippen molar-refractivity contribution in [1.29, 1.82) is 0 Å². The van der Waals surface area contributed by atoms with Crippen molar-refractivity contribution in [2.75, 3.05) is 6.54 Å². The summed E-state index contributed by atoms with van der Waals surface area (Å²) in [5.74, 6) is 0. The van der Waals surface area contributed by atoms with Gasteiger partial charge in [0, 0.05) is 12.1 Å². The Labute approximate surface area is 122 Å². The van der Waals surface area contributed by atoms with Gasteiger partial charge < -0.3 is 5.32 Å². The minimum Gasteiger partial charge on any atom is -0.312 e. The predicted octanol–water partition coefficient (Wildman–Crippen LogP) is 2.19. The molecule has 1 aliphatic heterocycles. The van der Waals surface area contributed by atoms with E-state index in [0.717, 1.165) is 43.5 Å². The highest BCUT2D eigenvalue weighted by Crippen LogP contribution is 2.24. The van der Waals surface area contributed by atoms with Crippen LogP contribution in [0.5, 0.6) is 0 Å². The number of sulfonamides is 1. The van der Waals surface area contributed by atoms with Crippen molar-refractivity contribution >= 4 is 10.0 Å². The van der Waals surface area contributed by atoms with Gasteiger partial charge in [0.15, 0.2) is 0 Å². The molecule has 0 atom stereocenters. The smallest absolute Gasteiger partial charge is 0.241 e. The van der Waals surface area contributed by atoms with Crippen LogP contribution in [0, 0.1) is 0 Å². The third-order valence-electron chi connectivity index (χ3n) is 3.67. The van der Waals surface area contributed by atoms with Crippen molar-refractivity contribution in [1.82, 2.24) is 10.0 Å². The van der Waals surface area contributed by atoms with Crippen LogP contribution in [-0.4, -0.2) is 20.5 Å². The third kappa shape index (κ3) is 3.40. The molecule has 0 fully saturated rings. The summed E-state index contributed by atoms with van der Waals surface area (Å²) < 4.78 is 28.2. The summed E-state index contributed by atoms with van der Waals surface area (Å²) in [5.41, 5.74) is 1.64. The lowest BCUT2D eigenvalue weighted by molar-refractivity contribution is 0.417. The first kappa shape index (κ1) is 15.5. The van der Waals surface area contributed by atoms with E-state index in [0.29, 0.717) is 4.90 Å². The second-order valence-electron chi connectivity index (χ2n) is 6.06. The van der Waals surface area contributed by atoms with Gasteiger partial charge in [-0.1, -0.05) is 25.5 Å². The van der Waals surface area contributed by atoms with E-state index in [4.69, 9.17) is 0 Å². The Kier molecular flexibility index (Phi) is 4.52. The summed E-state index contributed by atoms with van der Waals surface area (Å²) in [6, 6.07) is 5.54. The fourth-order valence-electron chi connectivity index (χ4n) is 2.84. The van der Waals surface area contributed by atoms with E-state index in [9.17, 15) is 8.42 Å². The predicted molar refractivity (Wildman–Crippen MR) is 81.2 cm³/mol. The molecule has 0 unspecified atom stereocenters. The topological polar surface area (TPSA) is 58.2 Å². The highest BCUT2D eigenvalue weighted by Gasteiger charge is 2.28. The molecule has 5 heteroatoms. The lowest BCUT2D eigenvalue weighted by Crippen LogP contribution is -2.43. The summed E-state index contributed by atoms with van der Waals surface area (Å²) in [6.45, 7) is 7.51. The van der Waals surface area contributed by atoms with Crippen LogP contribution in [0.4, 0.5) is 0 Å². The molecule has 0 spiro atoms. The first-order chi connectivity index (χ1) is 9.36. The summed E-state index contributed by atoms with van der Waals surface area (Å²) >= 11 is 0. The van der Waals surface area contributed by atoms with E-state index in [1.54, 1.807) is 6.07 Å². The van der Waals surface area contributed by atoms with Crippen LogP contribution >= 0.6 is 0 Å². The summed E-state index contributed by atoms with van der Waals surface area (Å²) in [5, 5.41) is 3.27. The Morgan fingerprint density at radius 2 is 2.10 bits per heavy atom. The molecule has 1 aliphatic rings. The van der Waals surface area contributed by atoms with Crippen molar-refractivity contribution < 1.29 is 8.42 Å². The van der Waals surface area contributed by atoms with Gasteiger partial charge in [-0.2, -0.15) is 0 Å². The maximum Gasteiger partial charge on any atom is 0.241 e. The molecule has 112 valence electrons. The second-order valence-corrected chi connectivity index (χ2v) is 7.71. The maximum atomic E-state index is 12.7. The fourth-order valence-corrected chi connectivity index (χ4v) is 4.60. The largest absolute Gasteiger partial charge is 0.312 e. The van der Waals surface area contributed by atoms with E-state index in [1.165, 1.54) is 0 Å². The van der Waals surface area contributed by atoms with Crippen molar-refractivity contribution in [2.45, 2.75) is 57.0 Å². The zero-order valence-electron chi connectivity index (χ0n) is 12.5. The summed E-state index contributed by atoms with van der Waals surface area (Å²) in [4.78, 5) is 0.445. The van der Waals surface area contributed by atoms with Gasteiger partial charge in [0.1, 0.15) is 0 Å². The van der Waals surface area contributed by atoms with Gasteiger partial charge in [0.25, 0.3) is 0 Å². The maximum absolute atomic E-state index is 12.7. The van der Waals surface area contributed by atoms with Gasteiger partial charge in [0.05, 0.1) is 4.90 Å². The zero-order chi connectivity index (χ0) is 14.8. The third-order valence-corrected chi connectivity index (χ3v) is 5.46. The van der Waals surface area contributed by atoms with E-state index < -0.39 is 15.6 Å². The molecule has 1 aromatic rings. The van der Waals surface area contributed by atoms with Crippen molar-refractivity contribution in [3.8, 4) is 0 Å². The summed E-state index contributed by atoms with van der Waals surface area (Å²) in [6.07, 6.45) is 2.54. The van der Waals surface area contributed by atoms with Crippen LogP contribution in [0.15, 0.2) is 23.1 Å². The highest BCUT2D eigenvalue weighted by molar-refractivity contribution is 7.89. The Morgan fingerprint density at radius 3 is 2.80 bits per heavy atom. The van der Waals surface area contributed by atoms with Gasteiger partial charge in [-0.15, -0.1) is 0 Å². The Bertz CT molecular complexity index is 580. The minimum absolute atomic E-state index is 0.413. The molecule has 0 saturated heterocycles. The number of hydrogen-bond acceptors (Lipinski definition) is 3. The molecule has 2 N–H and O–H groups in total. The molecule has 0 radical (unpaired) electrons. The molecule has 0 aromatic heterocycles. The molecular formula is C15H24N2O2S. The van der Waals surface area contributed by atoms with Gasteiger partial charge in [0.2, 0.25) is 10.0 Å². The molecule has 1 aromatic carbocycles. The van der Waals surface area contributed by atoms with Gasteiger partial charge in [-0.05, 0) is 50.4 Å². The Balaban J connectivity index is 2.35. The molecule has 0 saturated carbocycles. The van der Waals surface area contributed by atoms with E-state index in [-0.39, 0.29) is 0 Å². The highest BCUT2D eigenvalue weighted by atomic mass is 32.2. The molecule has 20 heavy (non-hydrogen) atoms. The molecule has 2 rings (SSSR count). The van der Waals surface area contributed by atoms with E-state index in [2.05, 4.69) is 17.0 Å². The SMILES string of the molecule is CCCC(C)(C)NS(=O)(=O)c1cccc2c1CCNC2. The molecule has 0 aliphatic carbocycles. The fraction of sp³-hybridized carbons (Fsp3) is 0.600. The minimum atomic E-state index is -3.46. The van der Waals surface area contributed by atoms with Crippen LogP contribution in [-0.2, 0) is 23.0 Å². The Hall–Kier alpha value is -0.910. The Morgan fingerprint density at radius 1 is 1.35 bits per heavy atom. The van der Waals surface area contributed by atoms with Crippen molar-refractivity contribution in [3.05, 3.63) is 29.3 Å². The molecule has 4 nitrogen and oxygen atoms in total. The van der Waals surface area contributed by atoms with Crippen molar-refractivity contribution in [2.24, 2.45) is 0 Å². The number of rotatable bonds is 5. The van der Waals surface area contributed by atoms with Crippen LogP contribution in [0.3, 0.4) is 0 Å². The standard InChI is InChI=1S/C15H24N2O2S/c1-4-9-15(2,3)17-20(18,19)14-7-5-6-12-11-16-10-8-13(12)14/h5-7,16-17H,4,8-11H2,1-3H3. The van der Waals surface area contributed by atoms with Crippen LogP contribution in [0.25, 0.3) is 0 Å². The van der Waals surface area contributed by atoms with Crippen molar-refractivity contribution in [3.63, 3.8) is 0 Å². The first-order valence-electron chi connectivity index (χ1n) is 7.21. The van der Waals surface area contributed by atoms with Gasteiger partial charge in [-0.25, -0.2) is 13.1 Å². The van der Waals surface area contributed by atoms with Crippen LogP contribution < -0.4 is 10.0 Å². The zero-order valence-corrected chi connectivity index (χ0v) is 13.3. The van der Waals surface area contributed by atoms with Crippen LogP contribution in [0.1, 0.15) is 44.7 Å².